The van der Waals surface area contributed by atoms with E-state index in [1.807, 2.05) is 0 Å². The van der Waals surface area contributed by atoms with Crippen LogP contribution in [0.4, 0.5) is 17.6 Å². The molecule has 1 nitrogen and oxygen atoms in total. The second-order valence-electron chi connectivity index (χ2n) is 2.74. The molecule has 0 N–H and O–H groups in total. The van der Waals surface area contributed by atoms with E-state index in [1.54, 1.807) is 6.07 Å². The third kappa shape index (κ3) is 3.19. The van der Waals surface area contributed by atoms with Crippen LogP contribution < -0.4 is 0 Å². The zero-order valence-electron chi connectivity index (χ0n) is 7.38. The van der Waals surface area contributed by atoms with Crippen molar-refractivity contribution >= 4 is 12.1 Å². The van der Waals surface area contributed by atoms with Crippen molar-refractivity contribution in [1.82, 2.24) is 0 Å². The van der Waals surface area contributed by atoms with Crippen molar-refractivity contribution in [3.8, 4) is 0 Å². The van der Waals surface area contributed by atoms with Crippen molar-refractivity contribution in [3.63, 3.8) is 0 Å². The van der Waals surface area contributed by atoms with Gasteiger partial charge in [-0.25, -0.2) is 0 Å². The van der Waals surface area contributed by atoms with Crippen LogP contribution in [0.15, 0.2) is 35.9 Å². The van der Waals surface area contributed by atoms with Crippen LogP contribution >= 0.6 is 0 Å². The molecule has 0 aliphatic carbocycles. The maximum Gasteiger partial charge on any atom is 0.422 e. The van der Waals surface area contributed by atoms with E-state index in [0.717, 1.165) is 0 Å². The van der Waals surface area contributed by atoms with Gasteiger partial charge >= 0.3 is 12.2 Å². The fraction of sp³-hybridized carbons (Fsp3) is 0.100. The molecule has 80 valence electrons. The Morgan fingerprint density at radius 1 is 1.13 bits per heavy atom. The van der Waals surface area contributed by atoms with Crippen LogP contribution in [0.1, 0.15) is 5.56 Å². The largest absolute Gasteiger partial charge is 0.422 e. The van der Waals surface area contributed by atoms with Crippen LogP contribution in [-0.4, -0.2) is 12.2 Å². The van der Waals surface area contributed by atoms with E-state index < -0.39 is 17.8 Å². The average molecular weight is 218 g/mol. The number of carbonyl (C=O) groups excluding carboxylic acids is 1. The molecule has 0 radical (unpaired) electrons. The molecule has 0 saturated heterocycles. The van der Waals surface area contributed by atoms with Gasteiger partial charge in [0.2, 0.25) is 0 Å². The van der Waals surface area contributed by atoms with E-state index in [4.69, 9.17) is 0 Å². The molecule has 0 bridgehead atoms. The fourth-order valence-electron chi connectivity index (χ4n) is 0.966. The van der Waals surface area contributed by atoms with Crippen molar-refractivity contribution in [3.05, 3.63) is 41.5 Å². The number of hydrogen-bond donors (Lipinski definition) is 0. The van der Waals surface area contributed by atoms with Crippen molar-refractivity contribution in [2.75, 3.05) is 0 Å². The summed E-state index contributed by atoms with van der Waals surface area (Å²) in [6.45, 7) is 0. The highest BCUT2D eigenvalue weighted by molar-refractivity contribution is 5.94. The number of carbonyl (C=O) groups is 1. The SMILES string of the molecule is O=C(F)C(=Cc1ccccc1)C(F)(F)F. The lowest BCUT2D eigenvalue weighted by Crippen LogP contribution is -2.17. The summed E-state index contributed by atoms with van der Waals surface area (Å²) < 4.78 is 48.5. The summed E-state index contributed by atoms with van der Waals surface area (Å²) in [5.41, 5.74) is -1.68. The Balaban J connectivity index is 3.12. The van der Waals surface area contributed by atoms with Gasteiger partial charge < -0.3 is 0 Å². The molecule has 0 spiro atoms. The second-order valence-corrected chi connectivity index (χ2v) is 2.74. The fourth-order valence-corrected chi connectivity index (χ4v) is 0.966. The topological polar surface area (TPSA) is 17.1 Å². The van der Waals surface area contributed by atoms with Crippen LogP contribution in [0.3, 0.4) is 0 Å². The summed E-state index contributed by atoms with van der Waals surface area (Å²) in [5, 5.41) is 0. The summed E-state index contributed by atoms with van der Waals surface area (Å²) >= 11 is 0. The molecule has 0 aliphatic rings. The van der Waals surface area contributed by atoms with Crippen LogP contribution in [0.25, 0.3) is 6.08 Å². The molecule has 0 aromatic heterocycles. The molecule has 5 heteroatoms. The van der Waals surface area contributed by atoms with Gasteiger partial charge in [0.15, 0.2) is 0 Å². The molecule has 0 saturated carbocycles. The van der Waals surface area contributed by atoms with Crippen LogP contribution in [-0.2, 0) is 4.79 Å². The molecule has 1 aromatic carbocycles. The van der Waals surface area contributed by atoms with Gasteiger partial charge in [-0.2, -0.15) is 17.6 Å². The lowest BCUT2D eigenvalue weighted by molar-refractivity contribution is -0.137. The minimum absolute atomic E-state index is 0.121. The highest BCUT2D eigenvalue weighted by atomic mass is 19.4. The zero-order chi connectivity index (χ0) is 11.5. The molecular formula is C10H6F4O. The van der Waals surface area contributed by atoms with E-state index in [1.165, 1.54) is 24.3 Å². The van der Waals surface area contributed by atoms with Gasteiger partial charge in [-0.05, 0) is 11.6 Å². The number of allylic oxidation sites excluding steroid dienone is 1. The maximum atomic E-state index is 12.1. The van der Waals surface area contributed by atoms with Gasteiger partial charge in [-0.15, -0.1) is 0 Å². The highest BCUT2D eigenvalue weighted by Gasteiger charge is 2.38. The number of alkyl halides is 3. The Labute approximate surface area is 83.0 Å². The first kappa shape index (κ1) is 11.4. The Morgan fingerprint density at radius 3 is 2.07 bits per heavy atom. The summed E-state index contributed by atoms with van der Waals surface area (Å²) in [5.74, 6) is 0. The van der Waals surface area contributed by atoms with Crippen LogP contribution in [0.5, 0.6) is 0 Å². The van der Waals surface area contributed by atoms with Crippen molar-refractivity contribution in [1.29, 1.82) is 0 Å². The summed E-state index contributed by atoms with van der Waals surface area (Å²) in [7, 11) is 0. The Bertz CT molecular complexity index is 378. The van der Waals surface area contributed by atoms with Gasteiger partial charge in [0.05, 0.1) is 0 Å². The van der Waals surface area contributed by atoms with E-state index in [9.17, 15) is 22.4 Å². The molecule has 0 amide bonds. The monoisotopic (exact) mass is 218 g/mol. The zero-order valence-corrected chi connectivity index (χ0v) is 7.38. The van der Waals surface area contributed by atoms with Crippen molar-refractivity contribution < 1.29 is 22.4 Å². The Morgan fingerprint density at radius 2 is 1.67 bits per heavy atom. The molecule has 0 fully saturated rings. The van der Waals surface area contributed by atoms with Gasteiger partial charge in [0.1, 0.15) is 5.57 Å². The van der Waals surface area contributed by atoms with Crippen LogP contribution in [0.2, 0.25) is 0 Å². The summed E-state index contributed by atoms with van der Waals surface area (Å²) in [6.07, 6.45) is -4.50. The third-order valence-electron chi connectivity index (χ3n) is 1.63. The normalized spacial score (nSPS) is 12.7. The number of benzene rings is 1. The van der Waals surface area contributed by atoms with E-state index in [-0.39, 0.29) is 5.56 Å². The molecule has 0 heterocycles. The number of rotatable bonds is 2. The smallest absolute Gasteiger partial charge is 0.255 e. The molecule has 0 unspecified atom stereocenters. The number of halogens is 4. The van der Waals surface area contributed by atoms with Crippen LogP contribution in [0, 0.1) is 0 Å². The highest BCUT2D eigenvalue weighted by Crippen LogP contribution is 2.28. The third-order valence-corrected chi connectivity index (χ3v) is 1.63. The first-order valence-electron chi connectivity index (χ1n) is 3.95. The van der Waals surface area contributed by atoms with Crippen molar-refractivity contribution in [2.24, 2.45) is 0 Å². The standard InChI is InChI=1S/C10H6F4O/c11-9(15)8(10(12,13)14)6-7-4-2-1-3-5-7/h1-6H. The van der Waals surface area contributed by atoms with Gasteiger partial charge in [-0.1, -0.05) is 30.3 Å². The summed E-state index contributed by atoms with van der Waals surface area (Å²) in [6, 6.07) is 4.78. The predicted molar refractivity (Wildman–Crippen MR) is 46.6 cm³/mol. The predicted octanol–water partition coefficient (Wildman–Crippen LogP) is 3.13. The van der Waals surface area contributed by atoms with Gasteiger partial charge in [0.25, 0.3) is 0 Å². The minimum Gasteiger partial charge on any atom is -0.255 e. The molecule has 1 aromatic rings. The minimum atomic E-state index is -4.97. The molecule has 1 rings (SSSR count). The Kier molecular flexibility index (Phi) is 3.24. The first-order chi connectivity index (χ1) is 6.91. The van der Waals surface area contributed by atoms with Gasteiger partial charge in [-0.3, -0.25) is 4.79 Å². The molecule has 0 aliphatic heterocycles. The quantitative estimate of drug-likeness (QED) is 0.423. The number of hydrogen-bond acceptors (Lipinski definition) is 1. The average Bonchev–Trinajstić information content (AvgIpc) is 2.13. The van der Waals surface area contributed by atoms with E-state index in [0.29, 0.717) is 6.08 Å². The molecular weight excluding hydrogens is 212 g/mol. The van der Waals surface area contributed by atoms with E-state index in [2.05, 4.69) is 0 Å². The maximum absolute atomic E-state index is 12.1. The lowest BCUT2D eigenvalue weighted by Gasteiger charge is -2.05. The second kappa shape index (κ2) is 4.25. The van der Waals surface area contributed by atoms with E-state index >= 15 is 0 Å². The van der Waals surface area contributed by atoms with Crippen molar-refractivity contribution in [2.45, 2.75) is 6.18 Å². The molecule has 0 atom stereocenters. The first-order valence-corrected chi connectivity index (χ1v) is 3.95. The Hall–Kier alpha value is -1.65. The lowest BCUT2D eigenvalue weighted by atomic mass is 10.1. The molecule has 15 heavy (non-hydrogen) atoms. The van der Waals surface area contributed by atoms with Gasteiger partial charge in [0, 0.05) is 0 Å². The summed E-state index contributed by atoms with van der Waals surface area (Å²) in [4.78, 5) is 10.1.